The number of benzene rings is 1. The minimum absolute atomic E-state index is 0.0135. The first-order chi connectivity index (χ1) is 12.0. The lowest BCUT2D eigenvalue weighted by Gasteiger charge is -2.31. The molecular formula is C18H19IN2O4. The molecule has 1 aliphatic rings. The molecule has 2 heterocycles. The van der Waals surface area contributed by atoms with Gasteiger partial charge in [-0.3, -0.25) is 4.98 Å². The van der Waals surface area contributed by atoms with Crippen LogP contribution >= 0.6 is 22.6 Å². The Kier molecular flexibility index (Phi) is 5.74. The second-order valence-electron chi connectivity index (χ2n) is 6.02. The number of aromatic nitrogens is 1. The van der Waals surface area contributed by atoms with Crippen molar-refractivity contribution in [3.05, 3.63) is 57.4 Å². The number of pyridine rings is 1. The third-order valence-corrected chi connectivity index (χ3v) is 4.88. The summed E-state index contributed by atoms with van der Waals surface area (Å²) >= 11 is 2.26. The van der Waals surface area contributed by atoms with Gasteiger partial charge >= 0.3 is 6.09 Å². The van der Waals surface area contributed by atoms with Crippen LogP contribution in [-0.2, 0) is 6.42 Å². The number of aryl methyl sites for hydroxylation is 1. The van der Waals surface area contributed by atoms with Gasteiger partial charge in [0.25, 0.3) is 0 Å². The Bertz CT molecular complexity index is 741. The van der Waals surface area contributed by atoms with Gasteiger partial charge in [0.2, 0.25) is 0 Å². The number of amides is 1. The number of hydrogen-bond acceptors (Lipinski definition) is 4. The second-order valence-corrected chi connectivity index (χ2v) is 7.27. The average Bonchev–Trinajstić information content (AvgIpc) is 2.61. The third-order valence-electron chi connectivity index (χ3n) is 4.21. The molecule has 1 aliphatic heterocycles. The number of aliphatic hydroxyl groups excluding tert-OH is 1. The highest BCUT2D eigenvalue weighted by Crippen LogP contribution is 2.29. The Hall–Kier alpha value is -1.87. The van der Waals surface area contributed by atoms with E-state index in [4.69, 9.17) is 4.74 Å². The molecule has 0 saturated heterocycles. The van der Waals surface area contributed by atoms with Crippen LogP contribution in [0.5, 0.6) is 5.75 Å². The van der Waals surface area contributed by atoms with Gasteiger partial charge in [0, 0.05) is 21.5 Å². The van der Waals surface area contributed by atoms with Crippen LogP contribution < -0.4 is 4.74 Å². The number of carboxylic acid groups (broad SMARTS) is 1. The van der Waals surface area contributed by atoms with Gasteiger partial charge in [0.15, 0.2) is 0 Å². The smallest absolute Gasteiger partial charge is 0.407 e. The van der Waals surface area contributed by atoms with Crippen molar-refractivity contribution in [3.8, 4) is 5.75 Å². The second kappa shape index (κ2) is 8.01. The van der Waals surface area contributed by atoms with Crippen LogP contribution in [0.25, 0.3) is 0 Å². The highest BCUT2D eigenvalue weighted by Gasteiger charge is 2.26. The lowest BCUT2D eigenvalue weighted by molar-refractivity contribution is 0.0656. The SMILES string of the molecule is O=C(O)N(C[C@@H]1CCc2cc(I)ccc2O1)C[C@H](O)c1cccnc1. The van der Waals surface area contributed by atoms with Crippen molar-refractivity contribution in [2.45, 2.75) is 25.0 Å². The van der Waals surface area contributed by atoms with Crippen molar-refractivity contribution in [1.29, 1.82) is 0 Å². The van der Waals surface area contributed by atoms with E-state index in [1.807, 2.05) is 12.1 Å². The zero-order chi connectivity index (χ0) is 17.8. The molecule has 3 rings (SSSR count). The summed E-state index contributed by atoms with van der Waals surface area (Å²) in [5.41, 5.74) is 1.75. The van der Waals surface area contributed by atoms with Crippen LogP contribution in [0.3, 0.4) is 0 Å². The van der Waals surface area contributed by atoms with Crippen LogP contribution in [0.4, 0.5) is 4.79 Å². The van der Waals surface area contributed by atoms with E-state index in [0.717, 1.165) is 27.7 Å². The molecule has 1 amide bonds. The number of rotatable bonds is 5. The summed E-state index contributed by atoms with van der Waals surface area (Å²) in [5, 5.41) is 19.7. The summed E-state index contributed by atoms with van der Waals surface area (Å²) in [5.74, 6) is 0.815. The summed E-state index contributed by atoms with van der Waals surface area (Å²) in [6, 6.07) is 9.44. The van der Waals surface area contributed by atoms with E-state index in [1.54, 1.807) is 24.5 Å². The van der Waals surface area contributed by atoms with Crippen molar-refractivity contribution < 1.29 is 19.7 Å². The summed E-state index contributed by atoms with van der Waals surface area (Å²) in [7, 11) is 0. The maximum atomic E-state index is 11.6. The number of hydrogen-bond donors (Lipinski definition) is 2. The quantitative estimate of drug-likeness (QED) is 0.679. The molecule has 2 N–H and O–H groups in total. The van der Waals surface area contributed by atoms with E-state index in [9.17, 15) is 15.0 Å². The monoisotopic (exact) mass is 454 g/mol. The molecule has 0 aliphatic carbocycles. The van der Waals surface area contributed by atoms with E-state index in [1.165, 1.54) is 4.90 Å². The van der Waals surface area contributed by atoms with Crippen LogP contribution in [0.15, 0.2) is 42.7 Å². The number of halogens is 1. The van der Waals surface area contributed by atoms with Crippen molar-refractivity contribution in [2.24, 2.45) is 0 Å². The van der Waals surface area contributed by atoms with Gasteiger partial charge in [0.1, 0.15) is 11.9 Å². The van der Waals surface area contributed by atoms with Gasteiger partial charge in [-0.1, -0.05) is 6.07 Å². The van der Waals surface area contributed by atoms with Gasteiger partial charge in [-0.2, -0.15) is 0 Å². The van der Waals surface area contributed by atoms with Gasteiger partial charge < -0.3 is 19.8 Å². The summed E-state index contributed by atoms with van der Waals surface area (Å²) in [6.07, 6.45) is 2.56. The standard InChI is InChI=1S/C18H19IN2O4/c19-14-4-6-17-12(8-14)3-5-15(25-17)10-21(18(23)24)11-16(22)13-2-1-7-20-9-13/h1-2,4,6-9,15-16,22H,3,5,10-11H2,(H,23,24)/t15-,16-/m0/s1. The van der Waals surface area contributed by atoms with Crippen LogP contribution in [-0.4, -0.2) is 45.4 Å². The summed E-state index contributed by atoms with van der Waals surface area (Å²) in [4.78, 5) is 16.7. The van der Waals surface area contributed by atoms with Gasteiger partial charge in [-0.05, 0) is 65.3 Å². The van der Waals surface area contributed by atoms with Crippen molar-refractivity contribution in [1.82, 2.24) is 9.88 Å². The first kappa shape index (κ1) is 17.9. The number of carbonyl (C=O) groups is 1. The number of fused-ring (bicyclic) bond motifs is 1. The van der Waals surface area contributed by atoms with E-state index < -0.39 is 12.2 Å². The highest BCUT2D eigenvalue weighted by atomic mass is 127. The predicted molar refractivity (Wildman–Crippen MR) is 101 cm³/mol. The van der Waals surface area contributed by atoms with Crippen molar-refractivity contribution in [3.63, 3.8) is 0 Å². The molecule has 0 fully saturated rings. The predicted octanol–water partition coefficient (Wildman–Crippen LogP) is 3.09. The third kappa shape index (κ3) is 4.60. The normalized spacial score (nSPS) is 17.3. The highest BCUT2D eigenvalue weighted by molar-refractivity contribution is 14.1. The van der Waals surface area contributed by atoms with E-state index in [-0.39, 0.29) is 19.2 Å². The maximum Gasteiger partial charge on any atom is 0.407 e. The average molecular weight is 454 g/mol. The summed E-state index contributed by atoms with van der Waals surface area (Å²) < 4.78 is 7.11. The number of nitrogens with zero attached hydrogens (tertiary/aromatic N) is 2. The fraction of sp³-hybridized carbons (Fsp3) is 0.333. The fourth-order valence-corrected chi connectivity index (χ4v) is 3.46. The Labute approximate surface area is 159 Å². The largest absolute Gasteiger partial charge is 0.488 e. The molecular weight excluding hydrogens is 435 g/mol. The number of ether oxygens (including phenoxy) is 1. The zero-order valence-electron chi connectivity index (χ0n) is 13.5. The van der Waals surface area contributed by atoms with Crippen molar-refractivity contribution in [2.75, 3.05) is 13.1 Å². The topological polar surface area (TPSA) is 82.9 Å². The molecule has 1 aromatic carbocycles. The Morgan fingerprint density at radius 1 is 1.44 bits per heavy atom. The molecule has 6 nitrogen and oxygen atoms in total. The Morgan fingerprint density at radius 3 is 3.00 bits per heavy atom. The molecule has 0 bridgehead atoms. The van der Waals surface area contributed by atoms with E-state index >= 15 is 0 Å². The molecule has 2 atom stereocenters. The molecule has 0 radical (unpaired) electrons. The van der Waals surface area contributed by atoms with Crippen LogP contribution in [0, 0.1) is 3.57 Å². The first-order valence-electron chi connectivity index (χ1n) is 8.04. The zero-order valence-corrected chi connectivity index (χ0v) is 15.7. The molecule has 7 heteroatoms. The first-order valence-corrected chi connectivity index (χ1v) is 9.11. The number of aliphatic hydroxyl groups is 1. The minimum Gasteiger partial charge on any atom is -0.488 e. The Morgan fingerprint density at radius 2 is 2.28 bits per heavy atom. The lowest BCUT2D eigenvalue weighted by Crippen LogP contribution is -2.42. The summed E-state index contributed by atoms with van der Waals surface area (Å²) in [6.45, 7) is 0.207. The van der Waals surface area contributed by atoms with Crippen LogP contribution in [0.2, 0.25) is 0 Å². The van der Waals surface area contributed by atoms with Gasteiger partial charge in [-0.25, -0.2) is 4.79 Å². The molecule has 1 aromatic heterocycles. The van der Waals surface area contributed by atoms with Crippen molar-refractivity contribution >= 4 is 28.7 Å². The molecule has 0 unspecified atom stereocenters. The van der Waals surface area contributed by atoms with Gasteiger partial charge in [-0.15, -0.1) is 0 Å². The molecule has 0 spiro atoms. The molecule has 25 heavy (non-hydrogen) atoms. The van der Waals surface area contributed by atoms with Gasteiger partial charge in [0.05, 0.1) is 19.2 Å². The molecule has 2 aromatic rings. The van der Waals surface area contributed by atoms with E-state index in [2.05, 4.69) is 33.6 Å². The van der Waals surface area contributed by atoms with Crippen LogP contribution in [0.1, 0.15) is 23.7 Å². The maximum absolute atomic E-state index is 11.6. The molecule has 132 valence electrons. The fourth-order valence-electron chi connectivity index (χ4n) is 2.91. The minimum atomic E-state index is -1.07. The van der Waals surface area contributed by atoms with E-state index in [0.29, 0.717) is 5.56 Å². The Balaban J connectivity index is 1.64. The lowest BCUT2D eigenvalue weighted by atomic mass is 10.0. The molecule has 0 saturated carbocycles.